The number of nitrogens with zero attached hydrogens (tertiary/aromatic N) is 1. The van der Waals surface area contributed by atoms with E-state index >= 15 is 0 Å². The van der Waals surface area contributed by atoms with Gasteiger partial charge >= 0.3 is 5.97 Å². The zero-order valence-corrected chi connectivity index (χ0v) is 9.74. The molecule has 1 amide bonds. The molecule has 2 aliphatic heterocycles. The summed E-state index contributed by atoms with van der Waals surface area (Å²) in [5.74, 6) is -0.723. The molecule has 1 N–H and O–H groups in total. The van der Waals surface area contributed by atoms with Crippen molar-refractivity contribution in [2.45, 2.75) is 23.3 Å². The minimum Gasteiger partial charge on any atom is -0.480 e. The summed E-state index contributed by atoms with van der Waals surface area (Å²) in [6.07, 6.45) is 1.28. The van der Waals surface area contributed by atoms with Gasteiger partial charge in [-0.3, -0.25) is 9.59 Å². The zero-order valence-electron chi connectivity index (χ0n) is 8.92. The third kappa shape index (κ3) is 2.49. The topological polar surface area (TPSA) is 66.8 Å². The molecule has 2 rings (SSSR count). The Morgan fingerprint density at radius 3 is 2.38 bits per heavy atom. The Hall–Kier alpha value is -0.750. The molecule has 5 nitrogen and oxygen atoms in total. The van der Waals surface area contributed by atoms with E-state index in [2.05, 4.69) is 0 Å². The number of carboxylic acid groups (broad SMARTS) is 1. The molecule has 0 aromatic heterocycles. The van der Waals surface area contributed by atoms with Gasteiger partial charge in [0, 0.05) is 13.1 Å². The molecule has 0 unspecified atom stereocenters. The van der Waals surface area contributed by atoms with Crippen LogP contribution in [0.3, 0.4) is 0 Å². The maximum Gasteiger partial charge on any atom is 0.316 e. The van der Waals surface area contributed by atoms with Crippen LogP contribution in [0.5, 0.6) is 0 Å². The molecule has 6 heteroatoms. The number of rotatable bonds is 2. The lowest BCUT2D eigenvalue weighted by molar-refractivity contribution is -0.136. The van der Waals surface area contributed by atoms with Gasteiger partial charge in [0.2, 0.25) is 5.91 Å². The molecule has 2 fully saturated rings. The van der Waals surface area contributed by atoms with Crippen molar-refractivity contribution in [3.05, 3.63) is 0 Å². The Morgan fingerprint density at radius 2 is 1.81 bits per heavy atom. The summed E-state index contributed by atoms with van der Waals surface area (Å²) in [7, 11) is 0. The van der Waals surface area contributed by atoms with Crippen molar-refractivity contribution in [1.82, 2.24) is 4.90 Å². The fourth-order valence-electron chi connectivity index (χ4n) is 1.99. The second-order valence-corrected chi connectivity index (χ2v) is 5.38. The van der Waals surface area contributed by atoms with Crippen LogP contribution in [0.15, 0.2) is 0 Å². The molecule has 0 saturated carbocycles. The number of aliphatic carboxylic acids is 1. The van der Waals surface area contributed by atoms with Crippen LogP contribution in [-0.4, -0.2) is 58.7 Å². The van der Waals surface area contributed by atoms with Crippen molar-refractivity contribution in [1.29, 1.82) is 0 Å². The number of carbonyl (C=O) groups is 2. The normalized spacial score (nSPS) is 30.4. The van der Waals surface area contributed by atoms with E-state index in [1.54, 1.807) is 4.90 Å². The predicted molar refractivity (Wildman–Crippen MR) is 59.4 cm³/mol. The van der Waals surface area contributed by atoms with Crippen LogP contribution in [-0.2, 0) is 14.3 Å². The smallest absolute Gasteiger partial charge is 0.316 e. The molecule has 0 bridgehead atoms. The Kier molecular flexibility index (Phi) is 3.70. The van der Waals surface area contributed by atoms with Crippen LogP contribution in [0.25, 0.3) is 0 Å². The quantitative estimate of drug-likeness (QED) is 0.752. The highest BCUT2D eigenvalue weighted by atomic mass is 32.2. The molecule has 16 heavy (non-hydrogen) atoms. The summed E-state index contributed by atoms with van der Waals surface area (Å²) in [5.41, 5.74) is 0. The average Bonchev–Trinajstić information content (AvgIpc) is 2.78. The predicted octanol–water partition coefficient (Wildman–Crippen LogP) is 0.194. The second-order valence-electron chi connectivity index (χ2n) is 3.97. The van der Waals surface area contributed by atoms with Gasteiger partial charge in [-0.1, -0.05) is 0 Å². The van der Waals surface area contributed by atoms with Crippen molar-refractivity contribution in [2.75, 3.05) is 26.3 Å². The van der Waals surface area contributed by atoms with E-state index in [-0.39, 0.29) is 11.2 Å². The van der Waals surface area contributed by atoms with Crippen LogP contribution in [0.2, 0.25) is 0 Å². The molecule has 2 atom stereocenters. The number of thioether (sulfide) groups is 1. The number of hydrogen-bond donors (Lipinski definition) is 1. The highest BCUT2D eigenvalue weighted by molar-refractivity contribution is 8.02. The molecule has 90 valence electrons. The summed E-state index contributed by atoms with van der Waals surface area (Å²) < 4.78 is 5.18. The van der Waals surface area contributed by atoms with Crippen molar-refractivity contribution in [3.63, 3.8) is 0 Å². The molecule has 0 radical (unpaired) electrons. The molecule has 0 spiro atoms. The Balaban J connectivity index is 1.88. The SMILES string of the molecule is O=C(O)[C@@H]1CC[C@H](C(=O)N2CCOCC2)S1. The first kappa shape index (κ1) is 11.7. The van der Waals surface area contributed by atoms with Gasteiger partial charge in [-0.05, 0) is 12.8 Å². The molecule has 2 heterocycles. The first-order chi connectivity index (χ1) is 7.68. The summed E-state index contributed by atoms with van der Waals surface area (Å²) in [5, 5.41) is 8.28. The fraction of sp³-hybridized carbons (Fsp3) is 0.800. The highest BCUT2D eigenvalue weighted by Crippen LogP contribution is 2.35. The molecular formula is C10H15NO4S. The van der Waals surface area contributed by atoms with Gasteiger partial charge in [0.15, 0.2) is 0 Å². The zero-order chi connectivity index (χ0) is 11.5. The first-order valence-corrected chi connectivity index (χ1v) is 6.37. The van der Waals surface area contributed by atoms with Crippen LogP contribution < -0.4 is 0 Å². The lowest BCUT2D eigenvalue weighted by Gasteiger charge is -2.28. The van der Waals surface area contributed by atoms with Crippen LogP contribution in [0.4, 0.5) is 0 Å². The lowest BCUT2D eigenvalue weighted by Crippen LogP contribution is -2.44. The van der Waals surface area contributed by atoms with E-state index in [1.807, 2.05) is 0 Å². The van der Waals surface area contributed by atoms with Gasteiger partial charge in [-0.15, -0.1) is 11.8 Å². The van der Waals surface area contributed by atoms with Crippen molar-refractivity contribution >= 4 is 23.6 Å². The number of ether oxygens (including phenoxy) is 1. The second kappa shape index (κ2) is 5.05. The van der Waals surface area contributed by atoms with Crippen molar-refractivity contribution in [2.24, 2.45) is 0 Å². The standard InChI is InChI=1S/C10H15NO4S/c12-9(11-3-5-15-6-4-11)7-1-2-8(16-7)10(13)14/h7-8H,1-6H2,(H,13,14)/t7-,8+/m1/s1. The van der Waals surface area contributed by atoms with E-state index in [0.717, 1.165) is 0 Å². The van der Waals surface area contributed by atoms with Crippen molar-refractivity contribution < 1.29 is 19.4 Å². The minimum absolute atomic E-state index is 0.0806. The number of morpholine rings is 1. The summed E-state index contributed by atoms with van der Waals surface area (Å²) >= 11 is 1.29. The maximum atomic E-state index is 12.0. The van der Waals surface area contributed by atoms with Gasteiger partial charge in [-0.2, -0.15) is 0 Å². The van der Waals surface area contributed by atoms with E-state index in [9.17, 15) is 9.59 Å². The monoisotopic (exact) mass is 245 g/mol. The van der Waals surface area contributed by atoms with Gasteiger partial charge in [0.05, 0.1) is 18.5 Å². The van der Waals surface area contributed by atoms with Crippen LogP contribution in [0.1, 0.15) is 12.8 Å². The Labute approximate surface area is 98.1 Å². The van der Waals surface area contributed by atoms with E-state index in [1.165, 1.54) is 11.8 Å². The molecule has 0 aromatic carbocycles. The first-order valence-electron chi connectivity index (χ1n) is 5.43. The number of hydrogen-bond acceptors (Lipinski definition) is 4. The summed E-state index contributed by atoms with van der Waals surface area (Å²) in [6.45, 7) is 2.44. The molecule has 2 saturated heterocycles. The lowest BCUT2D eigenvalue weighted by atomic mass is 10.2. The van der Waals surface area contributed by atoms with E-state index in [0.29, 0.717) is 39.1 Å². The van der Waals surface area contributed by atoms with Gasteiger partial charge in [-0.25, -0.2) is 0 Å². The number of carbonyl (C=O) groups excluding carboxylic acids is 1. The van der Waals surface area contributed by atoms with Gasteiger partial charge < -0.3 is 14.7 Å². The molecule has 0 aromatic rings. The minimum atomic E-state index is -0.803. The largest absolute Gasteiger partial charge is 0.480 e. The average molecular weight is 245 g/mol. The fourth-order valence-corrected chi connectivity index (χ4v) is 3.31. The van der Waals surface area contributed by atoms with Crippen LogP contribution in [0, 0.1) is 0 Å². The third-order valence-corrected chi connectivity index (χ3v) is 4.42. The maximum absolute atomic E-state index is 12.0. The summed E-state index contributed by atoms with van der Waals surface area (Å²) in [6, 6.07) is 0. The number of amides is 1. The third-order valence-electron chi connectivity index (χ3n) is 2.89. The molecule has 2 aliphatic rings. The summed E-state index contributed by atoms with van der Waals surface area (Å²) in [4.78, 5) is 24.6. The Bertz CT molecular complexity index is 291. The number of carboxylic acids is 1. The van der Waals surface area contributed by atoms with Crippen LogP contribution >= 0.6 is 11.8 Å². The van der Waals surface area contributed by atoms with E-state index in [4.69, 9.17) is 9.84 Å². The highest BCUT2D eigenvalue weighted by Gasteiger charge is 2.36. The molecule has 0 aliphatic carbocycles. The van der Waals surface area contributed by atoms with Gasteiger partial charge in [0.1, 0.15) is 5.25 Å². The van der Waals surface area contributed by atoms with E-state index < -0.39 is 11.2 Å². The van der Waals surface area contributed by atoms with Gasteiger partial charge in [0.25, 0.3) is 0 Å². The molecular weight excluding hydrogens is 230 g/mol. The Morgan fingerprint density at radius 1 is 1.19 bits per heavy atom. The van der Waals surface area contributed by atoms with Crippen molar-refractivity contribution in [3.8, 4) is 0 Å².